The summed E-state index contributed by atoms with van der Waals surface area (Å²) in [5.41, 5.74) is 9.16. The summed E-state index contributed by atoms with van der Waals surface area (Å²) in [5.74, 6) is 0.618. The summed E-state index contributed by atoms with van der Waals surface area (Å²) in [4.78, 5) is 4.71. The maximum absolute atomic E-state index is 5.58. The van der Waals surface area contributed by atoms with Crippen LogP contribution >= 0.6 is 11.3 Å². The van der Waals surface area contributed by atoms with Gasteiger partial charge in [0.1, 0.15) is 0 Å². The van der Waals surface area contributed by atoms with Gasteiger partial charge in [-0.1, -0.05) is 36.8 Å². The molecule has 1 aromatic heterocycles. The summed E-state index contributed by atoms with van der Waals surface area (Å²) < 4.78 is 0. The zero-order valence-electron chi connectivity index (χ0n) is 11.0. The number of nitrogens with zero attached hydrogens (tertiary/aromatic N) is 1. The monoisotopic (exact) mass is 260 g/mol. The Morgan fingerprint density at radius 2 is 2.00 bits per heavy atom. The van der Waals surface area contributed by atoms with Gasteiger partial charge in [0, 0.05) is 17.4 Å². The fourth-order valence-corrected chi connectivity index (χ4v) is 2.91. The molecule has 0 radical (unpaired) electrons. The van der Waals surface area contributed by atoms with Gasteiger partial charge in [0.15, 0.2) is 0 Å². The van der Waals surface area contributed by atoms with Gasteiger partial charge in [-0.05, 0) is 25.8 Å². The molecule has 96 valence electrons. The van der Waals surface area contributed by atoms with Crippen LogP contribution in [-0.4, -0.2) is 11.5 Å². The number of aryl methyl sites for hydroxylation is 1. The van der Waals surface area contributed by atoms with Crippen molar-refractivity contribution < 1.29 is 0 Å². The molecule has 0 aliphatic carbocycles. The molecule has 0 bridgehead atoms. The molecule has 2 aromatic rings. The second-order valence-corrected chi connectivity index (χ2v) is 5.82. The van der Waals surface area contributed by atoms with Crippen LogP contribution in [0, 0.1) is 12.8 Å². The molecular formula is C15H20N2S. The summed E-state index contributed by atoms with van der Waals surface area (Å²) in [6.45, 7) is 5.10. The molecule has 2 nitrogen and oxygen atoms in total. The minimum absolute atomic E-state index is 0.618. The molecule has 1 heterocycles. The normalized spacial score (nSPS) is 12.6. The largest absolute Gasteiger partial charge is 0.330 e. The number of aromatic nitrogens is 1. The van der Waals surface area contributed by atoms with Gasteiger partial charge in [-0.3, -0.25) is 0 Å². The van der Waals surface area contributed by atoms with E-state index in [2.05, 4.69) is 43.5 Å². The highest BCUT2D eigenvalue weighted by molar-refractivity contribution is 7.09. The molecule has 0 spiro atoms. The van der Waals surface area contributed by atoms with Crippen molar-refractivity contribution in [3.05, 3.63) is 40.2 Å². The highest BCUT2D eigenvalue weighted by atomic mass is 32.1. The highest BCUT2D eigenvalue weighted by Crippen LogP contribution is 2.24. The lowest BCUT2D eigenvalue weighted by Gasteiger charge is -2.06. The van der Waals surface area contributed by atoms with Crippen LogP contribution in [0.25, 0.3) is 11.3 Å². The molecule has 1 aromatic carbocycles. The zero-order chi connectivity index (χ0) is 13.0. The van der Waals surface area contributed by atoms with Gasteiger partial charge in [0.25, 0.3) is 0 Å². The van der Waals surface area contributed by atoms with Gasteiger partial charge in [0.2, 0.25) is 0 Å². The number of nitrogens with two attached hydrogens (primary N) is 1. The third-order valence-electron chi connectivity index (χ3n) is 3.08. The third-order valence-corrected chi connectivity index (χ3v) is 3.95. The number of hydrogen-bond donors (Lipinski definition) is 1. The molecule has 18 heavy (non-hydrogen) atoms. The van der Waals surface area contributed by atoms with E-state index in [-0.39, 0.29) is 0 Å². The minimum atomic E-state index is 0.618. The molecule has 0 aliphatic rings. The van der Waals surface area contributed by atoms with Crippen LogP contribution in [0.1, 0.15) is 23.9 Å². The average molecular weight is 260 g/mol. The molecule has 0 amide bonds. The lowest BCUT2D eigenvalue weighted by molar-refractivity contribution is 0.537. The smallest absolute Gasteiger partial charge is 0.0935 e. The Hall–Kier alpha value is -1.19. The summed E-state index contributed by atoms with van der Waals surface area (Å²) >= 11 is 1.75. The Morgan fingerprint density at radius 3 is 2.67 bits per heavy atom. The SMILES string of the molecule is Cc1ccc(-c2csc(CC(C)CCN)n2)cc1. The van der Waals surface area contributed by atoms with Gasteiger partial charge >= 0.3 is 0 Å². The van der Waals surface area contributed by atoms with Crippen LogP contribution in [0.2, 0.25) is 0 Å². The zero-order valence-corrected chi connectivity index (χ0v) is 11.8. The number of hydrogen-bond acceptors (Lipinski definition) is 3. The average Bonchev–Trinajstić information content (AvgIpc) is 2.78. The fourth-order valence-electron chi connectivity index (χ4n) is 1.95. The molecule has 2 rings (SSSR count). The second-order valence-electron chi connectivity index (χ2n) is 4.88. The lowest BCUT2D eigenvalue weighted by Crippen LogP contribution is -2.07. The topological polar surface area (TPSA) is 38.9 Å². The maximum Gasteiger partial charge on any atom is 0.0935 e. The van der Waals surface area contributed by atoms with Crippen LogP contribution in [0.4, 0.5) is 0 Å². The first-order valence-electron chi connectivity index (χ1n) is 6.40. The van der Waals surface area contributed by atoms with E-state index in [4.69, 9.17) is 10.7 Å². The van der Waals surface area contributed by atoms with Crippen molar-refractivity contribution in [1.82, 2.24) is 4.98 Å². The van der Waals surface area contributed by atoms with E-state index in [9.17, 15) is 0 Å². The molecule has 1 unspecified atom stereocenters. The molecular weight excluding hydrogens is 240 g/mol. The Labute approximate surface area is 113 Å². The van der Waals surface area contributed by atoms with Crippen LogP contribution in [0.15, 0.2) is 29.6 Å². The van der Waals surface area contributed by atoms with E-state index in [1.807, 2.05) is 0 Å². The standard InChI is InChI=1S/C15H20N2S/c1-11-3-5-13(6-4-11)14-10-18-15(17-14)9-12(2)7-8-16/h3-6,10,12H,7-9,16H2,1-2H3. The van der Waals surface area contributed by atoms with Crippen LogP contribution in [-0.2, 0) is 6.42 Å². The van der Waals surface area contributed by atoms with Crippen LogP contribution in [0.3, 0.4) is 0 Å². The van der Waals surface area contributed by atoms with Gasteiger partial charge < -0.3 is 5.73 Å². The van der Waals surface area contributed by atoms with E-state index >= 15 is 0 Å². The van der Waals surface area contributed by atoms with Gasteiger partial charge in [-0.2, -0.15) is 0 Å². The minimum Gasteiger partial charge on any atom is -0.330 e. The van der Waals surface area contributed by atoms with E-state index in [0.717, 1.165) is 25.1 Å². The van der Waals surface area contributed by atoms with Crippen LogP contribution < -0.4 is 5.73 Å². The Morgan fingerprint density at radius 1 is 1.28 bits per heavy atom. The van der Waals surface area contributed by atoms with Crippen LogP contribution in [0.5, 0.6) is 0 Å². The van der Waals surface area contributed by atoms with E-state index in [0.29, 0.717) is 5.92 Å². The predicted octanol–water partition coefficient (Wildman–Crippen LogP) is 3.65. The van der Waals surface area contributed by atoms with Gasteiger partial charge in [-0.25, -0.2) is 4.98 Å². The molecule has 0 saturated heterocycles. The molecule has 0 aliphatic heterocycles. The van der Waals surface area contributed by atoms with Gasteiger partial charge in [-0.15, -0.1) is 11.3 Å². The summed E-state index contributed by atoms with van der Waals surface area (Å²) in [6, 6.07) is 8.53. The van der Waals surface area contributed by atoms with Crippen molar-refractivity contribution in [3.63, 3.8) is 0 Å². The second kappa shape index (κ2) is 6.12. The number of benzene rings is 1. The lowest BCUT2D eigenvalue weighted by atomic mass is 10.0. The molecule has 1 atom stereocenters. The number of rotatable bonds is 5. The summed E-state index contributed by atoms with van der Waals surface area (Å²) in [5, 5.41) is 3.36. The first-order valence-corrected chi connectivity index (χ1v) is 7.28. The van der Waals surface area contributed by atoms with Crippen molar-refractivity contribution in [3.8, 4) is 11.3 Å². The fraction of sp³-hybridized carbons (Fsp3) is 0.400. The third kappa shape index (κ3) is 3.40. The van der Waals surface area contributed by atoms with E-state index < -0.39 is 0 Å². The number of thiazole rings is 1. The van der Waals surface area contributed by atoms with Gasteiger partial charge in [0.05, 0.1) is 10.7 Å². The maximum atomic E-state index is 5.58. The van der Waals surface area contributed by atoms with Crippen molar-refractivity contribution in [2.75, 3.05) is 6.54 Å². The molecule has 0 saturated carbocycles. The first-order chi connectivity index (χ1) is 8.69. The molecule has 3 heteroatoms. The van der Waals surface area contributed by atoms with E-state index in [1.165, 1.54) is 16.1 Å². The Bertz CT molecular complexity index is 487. The van der Waals surface area contributed by atoms with Crippen molar-refractivity contribution in [1.29, 1.82) is 0 Å². The van der Waals surface area contributed by atoms with Crippen molar-refractivity contribution in [2.45, 2.75) is 26.7 Å². The quantitative estimate of drug-likeness (QED) is 0.891. The summed E-state index contributed by atoms with van der Waals surface area (Å²) in [6.07, 6.45) is 2.10. The Balaban J connectivity index is 2.08. The van der Waals surface area contributed by atoms with Crippen molar-refractivity contribution in [2.24, 2.45) is 11.7 Å². The summed E-state index contributed by atoms with van der Waals surface area (Å²) in [7, 11) is 0. The molecule has 0 fully saturated rings. The predicted molar refractivity (Wildman–Crippen MR) is 78.8 cm³/mol. The Kier molecular flexibility index (Phi) is 4.50. The first kappa shape index (κ1) is 13.2. The highest BCUT2D eigenvalue weighted by Gasteiger charge is 2.08. The van der Waals surface area contributed by atoms with E-state index in [1.54, 1.807) is 11.3 Å². The molecule has 2 N–H and O–H groups in total. The van der Waals surface area contributed by atoms with Crippen molar-refractivity contribution >= 4 is 11.3 Å².